The number of hydrogen-bond donors (Lipinski definition) is 6. The van der Waals surface area contributed by atoms with Crippen molar-refractivity contribution in [3.05, 3.63) is 51.4 Å². The highest BCUT2D eigenvalue weighted by Gasteiger charge is 2.34. The first-order valence-electron chi connectivity index (χ1n) is 19.3. The number of carbonyl (C=O) groups excluding carboxylic acids is 7. The molecule has 0 bridgehead atoms. The summed E-state index contributed by atoms with van der Waals surface area (Å²) < 4.78 is 10.3. The summed E-state index contributed by atoms with van der Waals surface area (Å²) in [7, 11) is 1.22. The molecule has 6 N–H and O–H groups in total. The van der Waals surface area contributed by atoms with Crippen molar-refractivity contribution in [1.82, 2.24) is 26.6 Å². The van der Waals surface area contributed by atoms with Crippen molar-refractivity contribution in [2.75, 3.05) is 25.5 Å². The lowest BCUT2D eigenvalue weighted by Gasteiger charge is -2.29. The van der Waals surface area contributed by atoms with Gasteiger partial charge >= 0.3 is 12.1 Å². The van der Waals surface area contributed by atoms with Crippen LogP contribution < -0.4 is 31.9 Å². The third-order valence-corrected chi connectivity index (χ3v) is 10.3. The third kappa shape index (κ3) is 13.9. The predicted octanol–water partition coefficient (Wildman–Crippen LogP) is 4.96. The van der Waals surface area contributed by atoms with E-state index in [4.69, 9.17) is 9.47 Å². The molecule has 1 aromatic heterocycles. The molecule has 16 heteroatoms. The van der Waals surface area contributed by atoms with Crippen molar-refractivity contribution >= 4 is 57.9 Å². The third-order valence-electron chi connectivity index (χ3n) is 9.09. The predicted molar refractivity (Wildman–Crippen MR) is 220 cm³/mol. The first-order valence-corrected chi connectivity index (χ1v) is 20.1. The average molecular weight is 815 g/mol. The van der Waals surface area contributed by atoms with Gasteiger partial charge in [0, 0.05) is 13.1 Å². The van der Waals surface area contributed by atoms with Crippen LogP contribution in [0, 0.1) is 31.6 Å². The Morgan fingerprint density at radius 2 is 1.23 bits per heavy atom. The molecule has 1 heterocycles. The normalized spacial score (nSPS) is 13.5. The number of benzene rings is 1. The maximum Gasteiger partial charge on any atom is 0.408 e. The molecule has 0 saturated heterocycles. The first-order chi connectivity index (χ1) is 26.5. The molecule has 0 saturated carbocycles. The van der Waals surface area contributed by atoms with Gasteiger partial charge in [0.25, 0.3) is 5.91 Å². The van der Waals surface area contributed by atoms with E-state index in [1.807, 2.05) is 38.1 Å². The minimum Gasteiger partial charge on any atom is -0.465 e. The monoisotopic (exact) mass is 814 g/mol. The van der Waals surface area contributed by atoms with Crippen molar-refractivity contribution in [2.24, 2.45) is 17.8 Å². The number of rotatable bonds is 18. The highest BCUT2D eigenvalue weighted by molar-refractivity contribution is 7.18. The fourth-order valence-corrected chi connectivity index (χ4v) is 7.08. The van der Waals surface area contributed by atoms with Gasteiger partial charge < -0.3 is 41.4 Å². The number of amides is 6. The number of thiophene rings is 1. The van der Waals surface area contributed by atoms with Crippen LogP contribution in [0.2, 0.25) is 0 Å². The van der Waals surface area contributed by atoms with Crippen molar-refractivity contribution in [3.8, 4) is 0 Å². The Morgan fingerprint density at radius 1 is 0.719 bits per heavy atom. The molecule has 4 atom stereocenters. The lowest BCUT2D eigenvalue weighted by molar-refractivity contribution is -0.134. The summed E-state index contributed by atoms with van der Waals surface area (Å²) in [6, 6.07) is 4.58. The van der Waals surface area contributed by atoms with Gasteiger partial charge in [-0.2, -0.15) is 0 Å². The molecular weight excluding hydrogens is 753 g/mol. The van der Waals surface area contributed by atoms with Crippen molar-refractivity contribution < 1.29 is 43.0 Å². The van der Waals surface area contributed by atoms with E-state index in [2.05, 4.69) is 31.9 Å². The summed E-state index contributed by atoms with van der Waals surface area (Å²) in [6.07, 6.45) is -0.253. The fraction of sp³-hybridized carbons (Fsp3) is 0.585. The Kier molecular flexibility index (Phi) is 18.2. The molecule has 0 aliphatic heterocycles. The molecule has 4 unspecified atom stereocenters. The Balaban J connectivity index is 2.10. The molecular formula is C41H62N6O9S. The van der Waals surface area contributed by atoms with E-state index in [0.29, 0.717) is 12.0 Å². The van der Waals surface area contributed by atoms with E-state index in [9.17, 15) is 33.6 Å². The average Bonchev–Trinajstić information content (AvgIpc) is 3.44. The van der Waals surface area contributed by atoms with E-state index >= 15 is 0 Å². The number of esters is 1. The number of carbonyl (C=O) groups is 7. The van der Waals surface area contributed by atoms with Gasteiger partial charge in [0.15, 0.2) is 0 Å². The van der Waals surface area contributed by atoms with Gasteiger partial charge in [-0.3, -0.25) is 24.0 Å². The van der Waals surface area contributed by atoms with Crippen LogP contribution in [0.1, 0.15) is 118 Å². The van der Waals surface area contributed by atoms with Gasteiger partial charge in [-0.1, -0.05) is 72.7 Å². The number of aryl methyl sites for hydroxylation is 1. The topological polar surface area (TPSA) is 210 Å². The zero-order valence-electron chi connectivity index (χ0n) is 35.6. The molecule has 15 nitrogen and oxygen atoms in total. The smallest absolute Gasteiger partial charge is 0.408 e. The number of anilines is 1. The Hall–Kier alpha value is -4.99. The molecule has 0 aliphatic rings. The molecule has 2 rings (SSSR count). The van der Waals surface area contributed by atoms with Crippen LogP contribution in [0.5, 0.6) is 0 Å². The van der Waals surface area contributed by atoms with E-state index < -0.39 is 65.3 Å². The van der Waals surface area contributed by atoms with Crippen molar-refractivity contribution in [2.45, 2.75) is 119 Å². The highest BCUT2D eigenvalue weighted by Crippen LogP contribution is 2.35. The number of nitrogens with one attached hydrogen (secondary N) is 6. The van der Waals surface area contributed by atoms with E-state index in [-0.39, 0.29) is 52.2 Å². The van der Waals surface area contributed by atoms with Crippen LogP contribution in [0.3, 0.4) is 0 Å². The number of methoxy groups -OCH3 is 1. The molecule has 0 radical (unpaired) electrons. The van der Waals surface area contributed by atoms with E-state index in [0.717, 1.165) is 22.5 Å². The molecule has 316 valence electrons. The Bertz CT molecular complexity index is 1760. The zero-order chi connectivity index (χ0) is 43.4. The standard InChI is InChI=1S/C41H62N6O9S/c1-14-26(27-18-16-15-17-24(27)8)33(48)47-38-28(39(53)55-13)25(9)32(57-38)37(52)43-20-19-42-34(49)29(21(2)3)44-35(50)30(22(4)5)45-36(51)31(23(6)7)46-40(54)56-41(10,11)12/h15-18,21-23,26,29-31H,14,19-20H2,1-13H3,(H,42,49)(H,43,52)(H,44,50)(H,45,51)(H,46,54)(H,47,48). The molecule has 6 amide bonds. The van der Waals surface area contributed by atoms with E-state index in [1.54, 1.807) is 69.2 Å². The van der Waals surface area contributed by atoms with Crippen LogP contribution in [-0.2, 0) is 28.7 Å². The lowest BCUT2D eigenvalue weighted by atomic mass is 9.92. The second-order valence-electron chi connectivity index (χ2n) is 15.9. The van der Waals surface area contributed by atoms with Gasteiger partial charge in [-0.15, -0.1) is 11.3 Å². The zero-order valence-corrected chi connectivity index (χ0v) is 36.4. The van der Waals surface area contributed by atoms with Gasteiger partial charge in [0.05, 0.1) is 23.5 Å². The van der Waals surface area contributed by atoms with Gasteiger partial charge in [0.1, 0.15) is 28.7 Å². The van der Waals surface area contributed by atoms with Crippen LogP contribution >= 0.6 is 11.3 Å². The number of ether oxygens (including phenoxy) is 2. The van der Waals surface area contributed by atoms with Crippen LogP contribution in [0.25, 0.3) is 0 Å². The van der Waals surface area contributed by atoms with Crippen molar-refractivity contribution in [3.63, 3.8) is 0 Å². The number of hydrogen-bond acceptors (Lipinski definition) is 10. The number of alkyl carbamates (subject to hydrolysis) is 1. The summed E-state index contributed by atoms with van der Waals surface area (Å²) in [5.74, 6) is -4.73. The minimum atomic E-state index is -1.03. The molecule has 2 aromatic rings. The summed E-state index contributed by atoms with van der Waals surface area (Å²) in [6.45, 7) is 21.1. The van der Waals surface area contributed by atoms with Gasteiger partial charge in [0.2, 0.25) is 23.6 Å². The second-order valence-corrected chi connectivity index (χ2v) is 17.0. The Labute approximate surface area is 340 Å². The van der Waals surface area contributed by atoms with Crippen LogP contribution in [0.15, 0.2) is 24.3 Å². The molecule has 0 spiro atoms. The fourth-order valence-electron chi connectivity index (χ4n) is 5.97. The SMILES string of the molecule is CCC(C(=O)Nc1sc(C(=O)NCCNC(=O)C(NC(=O)C(NC(=O)C(NC(=O)OC(C)(C)C)C(C)C)C(C)C)C(C)C)c(C)c1C(=O)OC)c1ccccc1C. The van der Waals surface area contributed by atoms with Crippen LogP contribution in [-0.4, -0.2) is 85.5 Å². The van der Waals surface area contributed by atoms with E-state index in [1.165, 1.54) is 7.11 Å². The summed E-state index contributed by atoms with van der Waals surface area (Å²) in [5.41, 5.74) is 1.46. The quantitative estimate of drug-likeness (QED) is 0.0886. The maximum atomic E-state index is 13.5. The first kappa shape index (κ1) is 48.2. The summed E-state index contributed by atoms with van der Waals surface area (Å²) in [4.78, 5) is 92.4. The Morgan fingerprint density at radius 3 is 1.72 bits per heavy atom. The molecule has 0 fully saturated rings. The molecule has 1 aromatic carbocycles. The molecule has 57 heavy (non-hydrogen) atoms. The van der Waals surface area contributed by atoms with Crippen molar-refractivity contribution in [1.29, 1.82) is 0 Å². The highest BCUT2D eigenvalue weighted by atomic mass is 32.1. The molecule has 0 aliphatic carbocycles. The second kappa shape index (κ2) is 21.5. The van der Waals surface area contributed by atoms with Gasteiger partial charge in [-0.25, -0.2) is 9.59 Å². The lowest BCUT2D eigenvalue weighted by Crippen LogP contribution is -2.60. The van der Waals surface area contributed by atoms with Crippen LogP contribution in [0.4, 0.5) is 9.80 Å². The summed E-state index contributed by atoms with van der Waals surface area (Å²) in [5, 5.41) is 16.6. The van der Waals surface area contributed by atoms with Gasteiger partial charge in [-0.05, 0) is 75.5 Å². The summed E-state index contributed by atoms with van der Waals surface area (Å²) >= 11 is 0.954. The maximum absolute atomic E-state index is 13.5. The minimum absolute atomic E-state index is 0.00684. The largest absolute Gasteiger partial charge is 0.465 e.